The number of hydrogen-bond acceptors (Lipinski definition) is 7. The van der Waals surface area contributed by atoms with Crippen molar-refractivity contribution in [2.75, 3.05) is 18.4 Å². The second-order valence-corrected chi connectivity index (χ2v) is 12.7. The van der Waals surface area contributed by atoms with E-state index in [0.29, 0.717) is 53.7 Å². The number of rotatable bonds is 8. The van der Waals surface area contributed by atoms with E-state index < -0.39 is 30.6 Å². The topological polar surface area (TPSA) is 149 Å². The second kappa shape index (κ2) is 10.6. The summed E-state index contributed by atoms with van der Waals surface area (Å²) in [5.74, 6) is -0.704. The van der Waals surface area contributed by atoms with Gasteiger partial charge in [-0.3, -0.25) is 14.3 Å². The van der Waals surface area contributed by atoms with Crippen LogP contribution in [-0.4, -0.2) is 49.4 Å². The molecule has 2 aromatic heterocycles. The summed E-state index contributed by atoms with van der Waals surface area (Å²) < 4.78 is 26.4. The van der Waals surface area contributed by atoms with Crippen LogP contribution in [0.1, 0.15) is 48.3 Å². The minimum atomic E-state index is -4.07. The van der Waals surface area contributed by atoms with Crippen LogP contribution in [0.25, 0.3) is 10.4 Å². The molecular weight excluding hydrogens is 518 g/mol. The number of benzene rings is 1. The summed E-state index contributed by atoms with van der Waals surface area (Å²) in [5.41, 5.74) is 5.49. The number of piperidine rings is 1. The number of thiophene rings is 1. The van der Waals surface area contributed by atoms with Crippen molar-refractivity contribution in [3.63, 3.8) is 0 Å². The van der Waals surface area contributed by atoms with E-state index in [0.717, 1.165) is 5.69 Å². The zero-order valence-electron chi connectivity index (χ0n) is 20.5. The Morgan fingerprint density at radius 3 is 2.54 bits per heavy atom. The lowest BCUT2D eigenvalue weighted by Crippen LogP contribution is -2.35. The minimum absolute atomic E-state index is 0.206. The molecule has 0 aliphatic carbocycles. The Bertz CT molecular complexity index is 1350. The van der Waals surface area contributed by atoms with Crippen molar-refractivity contribution in [3.8, 4) is 10.4 Å². The molecule has 12 heteroatoms. The van der Waals surface area contributed by atoms with Gasteiger partial charge in [0.1, 0.15) is 16.6 Å². The van der Waals surface area contributed by atoms with Crippen LogP contribution in [0.15, 0.2) is 42.5 Å². The molecule has 1 amide bonds. The molecule has 0 atom stereocenters. The highest BCUT2D eigenvalue weighted by atomic mass is 32.1. The van der Waals surface area contributed by atoms with Gasteiger partial charge in [0, 0.05) is 17.0 Å². The number of amides is 1. The maximum Gasteiger partial charge on any atom is 0.328 e. The lowest BCUT2D eigenvalue weighted by atomic mass is 9.96. The van der Waals surface area contributed by atoms with Crippen molar-refractivity contribution in [1.29, 1.82) is 0 Å². The highest BCUT2D eigenvalue weighted by Gasteiger charge is 2.32. The first-order valence-electron chi connectivity index (χ1n) is 11.8. The minimum Gasteiger partial charge on any atom is -0.386 e. The predicted octanol–water partition coefficient (Wildman–Crippen LogP) is 4.16. The Hall–Kier alpha value is -2.66. The van der Waals surface area contributed by atoms with Gasteiger partial charge >= 0.3 is 7.60 Å². The predicted molar refractivity (Wildman–Crippen MR) is 141 cm³/mol. The number of nitrogens with one attached hydrogen (secondary N) is 1. The molecule has 198 valence electrons. The van der Waals surface area contributed by atoms with Gasteiger partial charge in [-0.1, -0.05) is 18.2 Å². The maximum atomic E-state index is 14.9. The number of carbonyl (C=O) groups excluding carboxylic acids is 1. The average Bonchev–Trinajstić information content (AvgIpc) is 3.22. The van der Waals surface area contributed by atoms with Crippen molar-refractivity contribution in [2.45, 2.75) is 44.5 Å². The Labute approximate surface area is 218 Å². The Kier molecular flexibility index (Phi) is 7.85. The van der Waals surface area contributed by atoms with Crippen molar-refractivity contribution in [3.05, 3.63) is 65.1 Å². The number of nitrogens with zero attached hydrogens (tertiary/aromatic N) is 2. The highest BCUT2D eigenvalue weighted by Crippen LogP contribution is 2.46. The monoisotopic (exact) mass is 548 g/mol. The normalized spacial score (nSPS) is 15.6. The molecule has 0 saturated carbocycles. The van der Waals surface area contributed by atoms with E-state index in [2.05, 4.69) is 15.2 Å². The van der Waals surface area contributed by atoms with Gasteiger partial charge in [-0.05, 0) is 69.6 Å². The Balaban J connectivity index is 1.52. The SMILES string of the molecule is CC(C)(O)c1ccc(-c2cc(C(N)=O)c(Nc3cccc(CN4CCC(P(=O)(O)O)CC4)n3)s2)c(F)c1. The summed E-state index contributed by atoms with van der Waals surface area (Å²) in [6.45, 7) is 4.79. The molecule has 3 heterocycles. The van der Waals surface area contributed by atoms with Crippen LogP contribution in [0.4, 0.5) is 15.2 Å². The zero-order chi connectivity index (χ0) is 27.0. The zero-order valence-corrected chi connectivity index (χ0v) is 22.2. The van der Waals surface area contributed by atoms with Crippen LogP contribution in [0.2, 0.25) is 0 Å². The number of aromatic nitrogens is 1. The fraction of sp³-hybridized carbons (Fsp3) is 0.360. The smallest absolute Gasteiger partial charge is 0.328 e. The summed E-state index contributed by atoms with van der Waals surface area (Å²) in [6, 6.07) is 11.4. The fourth-order valence-corrected chi connectivity index (χ4v) is 6.29. The number of hydrogen-bond donors (Lipinski definition) is 5. The van der Waals surface area contributed by atoms with E-state index in [1.54, 1.807) is 32.0 Å². The van der Waals surface area contributed by atoms with E-state index in [-0.39, 0.29) is 11.1 Å². The van der Waals surface area contributed by atoms with Crippen LogP contribution < -0.4 is 11.1 Å². The molecule has 0 bridgehead atoms. The van der Waals surface area contributed by atoms with Crippen molar-refractivity contribution in [1.82, 2.24) is 9.88 Å². The lowest BCUT2D eigenvalue weighted by molar-refractivity contribution is 0.0782. The molecule has 0 radical (unpaired) electrons. The lowest BCUT2D eigenvalue weighted by Gasteiger charge is -2.31. The highest BCUT2D eigenvalue weighted by molar-refractivity contribution is 7.52. The van der Waals surface area contributed by atoms with Crippen LogP contribution in [0.5, 0.6) is 0 Å². The van der Waals surface area contributed by atoms with Crippen LogP contribution in [0.3, 0.4) is 0 Å². The molecule has 6 N–H and O–H groups in total. The molecular formula is C25H30FN4O5PS. The van der Waals surface area contributed by atoms with E-state index in [9.17, 15) is 28.6 Å². The molecule has 9 nitrogen and oxygen atoms in total. The molecule has 1 aromatic carbocycles. The third-order valence-corrected chi connectivity index (χ3v) is 8.96. The Morgan fingerprint density at radius 2 is 1.95 bits per heavy atom. The Morgan fingerprint density at radius 1 is 1.24 bits per heavy atom. The van der Waals surface area contributed by atoms with E-state index in [1.165, 1.54) is 23.5 Å². The first-order chi connectivity index (χ1) is 17.3. The number of halogens is 1. The largest absolute Gasteiger partial charge is 0.386 e. The van der Waals surface area contributed by atoms with Gasteiger partial charge in [0.15, 0.2) is 0 Å². The summed E-state index contributed by atoms with van der Waals surface area (Å²) in [6.07, 6.45) is 0.852. The van der Waals surface area contributed by atoms with Crippen molar-refractivity contribution >= 4 is 35.7 Å². The molecule has 3 aromatic rings. The molecule has 37 heavy (non-hydrogen) atoms. The van der Waals surface area contributed by atoms with Gasteiger partial charge in [-0.15, -0.1) is 11.3 Å². The van der Waals surface area contributed by atoms with Gasteiger partial charge in [-0.2, -0.15) is 0 Å². The van der Waals surface area contributed by atoms with Gasteiger partial charge in [0.25, 0.3) is 5.91 Å². The summed E-state index contributed by atoms with van der Waals surface area (Å²) in [5, 5.41) is 13.7. The molecule has 0 unspecified atom stereocenters. The first-order valence-corrected chi connectivity index (χ1v) is 14.3. The first kappa shape index (κ1) is 27.4. The van der Waals surface area contributed by atoms with Crippen molar-refractivity contribution in [2.24, 2.45) is 5.73 Å². The number of primary amides is 1. The fourth-order valence-electron chi connectivity index (χ4n) is 4.29. The third-order valence-electron chi connectivity index (χ3n) is 6.41. The summed E-state index contributed by atoms with van der Waals surface area (Å²) >= 11 is 1.17. The number of nitrogens with two attached hydrogens (primary N) is 1. The van der Waals surface area contributed by atoms with E-state index in [1.807, 2.05) is 12.1 Å². The van der Waals surface area contributed by atoms with Gasteiger partial charge in [0.05, 0.1) is 22.5 Å². The number of aliphatic hydroxyl groups is 1. The number of pyridine rings is 1. The van der Waals surface area contributed by atoms with Gasteiger partial charge in [0.2, 0.25) is 0 Å². The van der Waals surface area contributed by atoms with Gasteiger partial charge in [-0.25, -0.2) is 9.37 Å². The molecule has 4 rings (SSSR count). The molecule has 1 aliphatic rings. The van der Waals surface area contributed by atoms with Gasteiger partial charge < -0.3 is 25.9 Å². The average molecular weight is 549 g/mol. The second-order valence-electron chi connectivity index (χ2n) is 9.71. The standard InChI is InChI=1S/C25H30FN4O5PS/c1-25(2,32)15-6-7-18(20(26)12-15)21-13-19(23(27)31)24(37-21)29-22-5-3-4-16(28-22)14-30-10-8-17(9-11-30)36(33,34)35/h3-7,12-13,17,32H,8-11,14H2,1-2H3,(H2,27,31)(H,28,29)(H2,33,34,35). The summed E-state index contributed by atoms with van der Waals surface area (Å²) in [7, 11) is -4.07. The molecule has 1 aliphatic heterocycles. The number of anilines is 2. The van der Waals surface area contributed by atoms with Crippen LogP contribution in [-0.2, 0) is 16.7 Å². The van der Waals surface area contributed by atoms with Crippen molar-refractivity contribution < 1.29 is 28.6 Å². The quantitative estimate of drug-likeness (QED) is 0.264. The van der Waals surface area contributed by atoms with E-state index >= 15 is 0 Å². The van der Waals surface area contributed by atoms with Crippen LogP contribution >= 0.6 is 18.9 Å². The molecule has 0 spiro atoms. The molecule has 1 fully saturated rings. The van der Waals surface area contributed by atoms with E-state index in [4.69, 9.17) is 5.73 Å². The van der Waals surface area contributed by atoms with Crippen LogP contribution in [0, 0.1) is 5.82 Å². The third kappa shape index (κ3) is 6.62. The summed E-state index contributed by atoms with van der Waals surface area (Å²) in [4.78, 5) is 38.1. The molecule has 1 saturated heterocycles. The maximum absolute atomic E-state index is 14.9. The number of likely N-dealkylation sites (tertiary alicyclic amines) is 1. The number of carbonyl (C=O) groups is 1.